The molecule has 2 aromatic heterocycles. The molecule has 132 valence electrons. The second-order valence-electron chi connectivity index (χ2n) is 6.55. The van der Waals surface area contributed by atoms with Crippen LogP contribution in [0.4, 0.5) is 5.69 Å². The van der Waals surface area contributed by atoms with Gasteiger partial charge in [-0.1, -0.05) is 18.2 Å². The fourth-order valence-electron chi connectivity index (χ4n) is 3.70. The van der Waals surface area contributed by atoms with Crippen molar-refractivity contribution < 1.29 is 0 Å². The maximum absolute atomic E-state index is 5.75. The predicted octanol–water partition coefficient (Wildman–Crippen LogP) is 4.39. The second kappa shape index (κ2) is 6.92. The highest BCUT2D eigenvalue weighted by Gasteiger charge is 2.41. The van der Waals surface area contributed by atoms with E-state index in [9.17, 15) is 0 Å². The minimum atomic E-state index is 0.00409. The molecule has 1 aliphatic rings. The van der Waals surface area contributed by atoms with Gasteiger partial charge in [0.15, 0.2) is 5.11 Å². The summed E-state index contributed by atoms with van der Waals surface area (Å²) in [6.45, 7) is 5.19. The van der Waals surface area contributed by atoms with Gasteiger partial charge in [0.2, 0.25) is 0 Å². The molecule has 3 aromatic rings. The zero-order chi connectivity index (χ0) is 18.1. The first-order chi connectivity index (χ1) is 12.7. The Morgan fingerprint density at radius 1 is 1.12 bits per heavy atom. The lowest BCUT2D eigenvalue weighted by Gasteiger charge is -2.29. The molecule has 0 unspecified atom stereocenters. The lowest BCUT2D eigenvalue weighted by atomic mass is 10.0. The van der Waals surface area contributed by atoms with E-state index < -0.39 is 0 Å². The number of hydrogen-bond acceptors (Lipinski definition) is 2. The average Bonchev–Trinajstić information content (AvgIpc) is 3.26. The average molecular weight is 363 g/mol. The van der Waals surface area contributed by atoms with Crippen LogP contribution in [0.1, 0.15) is 36.0 Å². The molecule has 4 rings (SSSR count). The molecule has 1 N–H and O–H groups in total. The van der Waals surface area contributed by atoms with E-state index >= 15 is 0 Å². The Morgan fingerprint density at radius 2 is 2.00 bits per heavy atom. The Bertz CT molecular complexity index is 919. The fourth-order valence-corrected chi connectivity index (χ4v) is 4.04. The molecule has 1 saturated heterocycles. The Hall–Kier alpha value is -2.66. The molecule has 4 nitrogen and oxygen atoms in total. The van der Waals surface area contributed by atoms with E-state index in [1.54, 1.807) is 0 Å². The van der Waals surface area contributed by atoms with Crippen LogP contribution in [0.3, 0.4) is 0 Å². The van der Waals surface area contributed by atoms with Gasteiger partial charge in [0, 0.05) is 30.3 Å². The summed E-state index contributed by atoms with van der Waals surface area (Å²) in [7, 11) is 0. The van der Waals surface area contributed by atoms with Crippen molar-refractivity contribution in [3.8, 4) is 0 Å². The highest BCUT2D eigenvalue weighted by Crippen LogP contribution is 2.41. The zero-order valence-electron chi connectivity index (χ0n) is 15.0. The summed E-state index contributed by atoms with van der Waals surface area (Å²) < 4.78 is 2.28. The van der Waals surface area contributed by atoms with Gasteiger partial charge >= 0.3 is 0 Å². The van der Waals surface area contributed by atoms with Crippen molar-refractivity contribution in [3.05, 3.63) is 83.9 Å². The van der Waals surface area contributed by atoms with E-state index in [-0.39, 0.29) is 12.1 Å². The highest BCUT2D eigenvalue weighted by atomic mass is 32.1. The van der Waals surface area contributed by atoms with Gasteiger partial charge < -0.3 is 14.8 Å². The number of nitrogens with zero attached hydrogens (tertiary/aromatic N) is 3. The lowest BCUT2D eigenvalue weighted by molar-refractivity contribution is 0.529. The smallest absolute Gasteiger partial charge is 0.174 e. The number of pyridine rings is 1. The summed E-state index contributed by atoms with van der Waals surface area (Å²) in [5.74, 6) is 0. The summed E-state index contributed by atoms with van der Waals surface area (Å²) in [5, 5.41) is 4.25. The molecule has 0 radical (unpaired) electrons. The third-order valence-corrected chi connectivity index (χ3v) is 5.20. The van der Waals surface area contributed by atoms with E-state index in [0.29, 0.717) is 0 Å². The third kappa shape index (κ3) is 2.88. The fraction of sp³-hybridized carbons (Fsp3) is 0.238. The van der Waals surface area contributed by atoms with E-state index in [0.717, 1.165) is 23.0 Å². The van der Waals surface area contributed by atoms with Crippen LogP contribution >= 0.6 is 12.2 Å². The molecule has 1 aromatic carbocycles. The van der Waals surface area contributed by atoms with Crippen molar-refractivity contribution in [2.24, 2.45) is 0 Å². The van der Waals surface area contributed by atoms with Gasteiger partial charge in [-0.05, 0) is 68.0 Å². The first-order valence-electron chi connectivity index (χ1n) is 8.91. The lowest BCUT2D eigenvalue weighted by Crippen LogP contribution is -2.30. The summed E-state index contributed by atoms with van der Waals surface area (Å²) in [6.07, 6.45) is 3.96. The Morgan fingerprint density at radius 3 is 2.73 bits per heavy atom. The Labute approximate surface area is 159 Å². The van der Waals surface area contributed by atoms with Crippen molar-refractivity contribution in [2.45, 2.75) is 32.5 Å². The Kier molecular flexibility index (Phi) is 4.47. The minimum Gasteiger partial charge on any atom is -0.351 e. The van der Waals surface area contributed by atoms with Crippen LogP contribution in [0.15, 0.2) is 67.0 Å². The molecule has 3 heterocycles. The highest BCUT2D eigenvalue weighted by molar-refractivity contribution is 7.80. The quantitative estimate of drug-likeness (QED) is 0.698. The van der Waals surface area contributed by atoms with Gasteiger partial charge in [0.05, 0.1) is 11.7 Å². The standard InChI is InChI=1S/C21H22N4S/c1-3-24-13-7-11-18(24)20-19(17-10-4-5-12-22-17)23-21(26)25(20)16-9-6-8-15(2)14-16/h4-14,19-20H,3H2,1-2H3,(H,23,26)/t19-,20+/m0/s1. The molecule has 0 bridgehead atoms. The molecule has 1 aliphatic heterocycles. The van der Waals surface area contributed by atoms with Gasteiger partial charge in [-0.3, -0.25) is 4.98 Å². The first-order valence-corrected chi connectivity index (χ1v) is 9.32. The van der Waals surface area contributed by atoms with Crippen molar-refractivity contribution in [3.63, 3.8) is 0 Å². The normalized spacial score (nSPS) is 19.6. The largest absolute Gasteiger partial charge is 0.351 e. The summed E-state index contributed by atoms with van der Waals surface area (Å²) >= 11 is 5.75. The minimum absolute atomic E-state index is 0.00409. The van der Waals surface area contributed by atoms with Crippen LogP contribution in [-0.4, -0.2) is 14.7 Å². The number of anilines is 1. The van der Waals surface area contributed by atoms with Crippen molar-refractivity contribution in [1.82, 2.24) is 14.9 Å². The van der Waals surface area contributed by atoms with E-state index in [1.165, 1.54) is 11.3 Å². The van der Waals surface area contributed by atoms with Gasteiger partial charge in [-0.25, -0.2) is 0 Å². The number of nitrogens with one attached hydrogen (secondary N) is 1. The summed E-state index contributed by atoms with van der Waals surface area (Å²) in [5.41, 5.74) is 4.56. The van der Waals surface area contributed by atoms with Crippen molar-refractivity contribution >= 4 is 23.0 Å². The maximum atomic E-state index is 5.75. The molecule has 1 fully saturated rings. The number of hydrogen-bond donors (Lipinski definition) is 1. The van der Waals surface area contributed by atoms with E-state index in [4.69, 9.17) is 12.2 Å². The molecule has 0 spiro atoms. The predicted molar refractivity (Wildman–Crippen MR) is 109 cm³/mol. The molecular formula is C21H22N4S. The SMILES string of the molecule is CCn1cccc1[C@@H]1[C@H](c2ccccn2)NC(=S)N1c1cccc(C)c1. The summed E-state index contributed by atoms with van der Waals surface area (Å²) in [6, 6.07) is 18.9. The van der Waals surface area contributed by atoms with Crippen molar-refractivity contribution in [2.75, 3.05) is 4.90 Å². The van der Waals surface area contributed by atoms with E-state index in [1.807, 2.05) is 18.3 Å². The third-order valence-electron chi connectivity index (χ3n) is 4.89. The number of aromatic nitrogens is 2. The zero-order valence-corrected chi connectivity index (χ0v) is 15.8. The van der Waals surface area contributed by atoms with Crippen molar-refractivity contribution in [1.29, 1.82) is 0 Å². The molecule has 0 saturated carbocycles. The number of thiocarbonyl (C=S) groups is 1. The van der Waals surface area contributed by atoms with Gasteiger partial charge in [-0.15, -0.1) is 0 Å². The molecule has 26 heavy (non-hydrogen) atoms. The van der Waals surface area contributed by atoms with Crippen LogP contribution in [0, 0.1) is 6.92 Å². The molecule has 0 amide bonds. The number of rotatable bonds is 4. The maximum Gasteiger partial charge on any atom is 0.174 e. The van der Waals surface area contributed by atoms with Gasteiger partial charge in [0.1, 0.15) is 6.04 Å². The van der Waals surface area contributed by atoms with Crippen LogP contribution in [0.2, 0.25) is 0 Å². The number of benzene rings is 1. The Balaban J connectivity index is 1.85. The summed E-state index contributed by atoms with van der Waals surface area (Å²) in [4.78, 5) is 6.82. The van der Waals surface area contributed by atoms with Crippen LogP contribution in [0.25, 0.3) is 0 Å². The van der Waals surface area contributed by atoms with Crippen LogP contribution in [-0.2, 0) is 6.54 Å². The number of aryl methyl sites for hydroxylation is 2. The second-order valence-corrected chi connectivity index (χ2v) is 6.94. The first kappa shape index (κ1) is 16.8. The van der Waals surface area contributed by atoms with Gasteiger partial charge in [0.25, 0.3) is 0 Å². The molecule has 5 heteroatoms. The van der Waals surface area contributed by atoms with Crippen LogP contribution in [0.5, 0.6) is 0 Å². The molecule has 2 atom stereocenters. The van der Waals surface area contributed by atoms with Gasteiger partial charge in [-0.2, -0.15) is 0 Å². The van der Waals surface area contributed by atoms with Crippen LogP contribution < -0.4 is 10.2 Å². The monoisotopic (exact) mass is 362 g/mol. The van der Waals surface area contributed by atoms with E-state index in [2.05, 4.69) is 82.3 Å². The molecular weight excluding hydrogens is 340 g/mol. The molecule has 0 aliphatic carbocycles. The topological polar surface area (TPSA) is 33.1 Å².